The highest BCUT2D eigenvalue weighted by Crippen LogP contribution is 2.06. The van der Waals surface area contributed by atoms with E-state index in [0.29, 0.717) is 5.06 Å². The lowest BCUT2D eigenvalue weighted by Gasteiger charge is -2.28. The van der Waals surface area contributed by atoms with Crippen molar-refractivity contribution in [2.45, 2.75) is 13.8 Å². The zero-order valence-electron chi connectivity index (χ0n) is 9.02. The Morgan fingerprint density at radius 2 is 1.73 bits per heavy atom. The molecule has 0 unspecified atom stereocenters. The van der Waals surface area contributed by atoms with Gasteiger partial charge in [0, 0.05) is 0 Å². The van der Waals surface area contributed by atoms with Crippen LogP contribution in [0.5, 0.6) is 0 Å². The summed E-state index contributed by atoms with van der Waals surface area (Å²) in [5, 5.41) is 0.558. The molecule has 1 fully saturated rings. The van der Waals surface area contributed by atoms with Crippen molar-refractivity contribution in [3.05, 3.63) is 0 Å². The average Bonchev–Trinajstić information content (AvgIpc) is 2.10. The lowest BCUT2D eigenvalue weighted by Crippen LogP contribution is -2.53. The van der Waals surface area contributed by atoms with Crippen LogP contribution in [0, 0.1) is 5.92 Å². The van der Waals surface area contributed by atoms with Crippen LogP contribution in [0.25, 0.3) is 0 Å². The molecular weight excluding hydrogens is 200 g/mol. The second-order valence-electron chi connectivity index (χ2n) is 3.82. The number of hydrogen-bond acceptors (Lipinski definition) is 5. The topological polar surface area (TPSA) is 66.9 Å². The van der Waals surface area contributed by atoms with E-state index in [4.69, 9.17) is 4.84 Å². The maximum absolute atomic E-state index is 11.4. The Morgan fingerprint density at radius 1 is 1.27 bits per heavy atom. The monoisotopic (exact) mass is 214 g/mol. The molecule has 84 valence electrons. The highest BCUT2D eigenvalue weighted by molar-refractivity contribution is 5.99. The van der Waals surface area contributed by atoms with Gasteiger partial charge in [-0.1, -0.05) is 13.8 Å². The van der Waals surface area contributed by atoms with Gasteiger partial charge in [0.15, 0.2) is 0 Å². The number of amides is 2. The molecule has 1 rings (SSSR count). The Bertz CT molecular complexity index is 282. The van der Waals surface area contributed by atoms with Gasteiger partial charge in [0.1, 0.15) is 0 Å². The van der Waals surface area contributed by atoms with Gasteiger partial charge in [-0.05, 0) is 7.05 Å². The minimum Gasteiger partial charge on any atom is -0.330 e. The number of carbonyl (C=O) groups is 3. The summed E-state index contributed by atoms with van der Waals surface area (Å²) in [6, 6.07) is 0. The molecule has 0 aromatic carbocycles. The van der Waals surface area contributed by atoms with E-state index in [9.17, 15) is 14.4 Å². The van der Waals surface area contributed by atoms with Crippen molar-refractivity contribution in [2.75, 3.05) is 20.1 Å². The van der Waals surface area contributed by atoms with Crippen LogP contribution in [0.2, 0.25) is 0 Å². The average molecular weight is 214 g/mol. The number of nitrogens with zero attached hydrogens (tertiary/aromatic N) is 2. The largest absolute Gasteiger partial charge is 0.335 e. The molecule has 0 radical (unpaired) electrons. The van der Waals surface area contributed by atoms with Crippen molar-refractivity contribution >= 4 is 17.8 Å². The van der Waals surface area contributed by atoms with E-state index >= 15 is 0 Å². The van der Waals surface area contributed by atoms with E-state index in [1.165, 1.54) is 0 Å². The van der Waals surface area contributed by atoms with Crippen LogP contribution in [-0.4, -0.2) is 47.9 Å². The van der Waals surface area contributed by atoms with Crippen LogP contribution in [0.1, 0.15) is 13.8 Å². The molecule has 1 saturated heterocycles. The number of imide groups is 1. The molecule has 0 aliphatic carbocycles. The summed E-state index contributed by atoms with van der Waals surface area (Å²) in [6.45, 7) is 3.43. The second-order valence-corrected chi connectivity index (χ2v) is 3.82. The normalized spacial score (nSPS) is 18.5. The first-order chi connectivity index (χ1) is 6.91. The summed E-state index contributed by atoms with van der Waals surface area (Å²) < 4.78 is 0. The van der Waals surface area contributed by atoms with E-state index in [1.54, 1.807) is 25.8 Å². The first-order valence-electron chi connectivity index (χ1n) is 4.68. The third-order valence-corrected chi connectivity index (χ3v) is 1.92. The molecule has 0 atom stereocenters. The van der Waals surface area contributed by atoms with Crippen molar-refractivity contribution in [3.63, 3.8) is 0 Å². The maximum Gasteiger partial charge on any atom is 0.335 e. The standard InChI is InChI=1S/C9H14N2O4/c1-6(2)9(14)15-11-7(12)4-10(3)5-8(11)13/h6H,4-5H2,1-3H3. The van der Waals surface area contributed by atoms with Gasteiger partial charge in [-0.2, -0.15) is 0 Å². The Hall–Kier alpha value is -1.43. The highest BCUT2D eigenvalue weighted by atomic mass is 16.7. The minimum atomic E-state index is -0.582. The molecule has 2 amide bonds. The summed E-state index contributed by atoms with van der Waals surface area (Å²) in [5.41, 5.74) is 0. The number of likely N-dealkylation sites (N-methyl/N-ethyl adjacent to an activating group) is 1. The summed E-state index contributed by atoms with van der Waals surface area (Å²) in [7, 11) is 1.65. The quantitative estimate of drug-likeness (QED) is 0.574. The van der Waals surface area contributed by atoms with Crippen molar-refractivity contribution in [1.82, 2.24) is 9.96 Å². The van der Waals surface area contributed by atoms with Crippen molar-refractivity contribution < 1.29 is 19.2 Å². The molecule has 6 nitrogen and oxygen atoms in total. The van der Waals surface area contributed by atoms with Gasteiger partial charge in [0.05, 0.1) is 19.0 Å². The zero-order valence-corrected chi connectivity index (χ0v) is 9.02. The van der Waals surface area contributed by atoms with Crippen LogP contribution in [-0.2, 0) is 19.2 Å². The van der Waals surface area contributed by atoms with Crippen LogP contribution < -0.4 is 0 Å². The van der Waals surface area contributed by atoms with Crippen LogP contribution in [0.3, 0.4) is 0 Å². The molecule has 1 aliphatic rings. The van der Waals surface area contributed by atoms with Gasteiger partial charge in [-0.25, -0.2) is 4.79 Å². The molecule has 0 saturated carbocycles. The van der Waals surface area contributed by atoms with E-state index < -0.39 is 17.8 Å². The van der Waals surface area contributed by atoms with Crippen LogP contribution >= 0.6 is 0 Å². The van der Waals surface area contributed by atoms with E-state index in [-0.39, 0.29) is 19.0 Å². The smallest absolute Gasteiger partial charge is 0.330 e. The van der Waals surface area contributed by atoms with Crippen LogP contribution in [0.15, 0.2) is 0 Å². The molecular formula is C9H14N2O4. The molecule has 0 bridgehead atoms. The third kappa shape index (κ3) is 2.76. The van der Waals surface area contributed by atoms with Gasteiger partial charge in [-0.3, -0.25) is 14.5 Å². The molecule has 0 aromatic rings. The molecule has 0 spiro atoms. The van der Waals surface area contributed by atoms with Gasteiger partial charge >= 0.3 is 5.97 Å². The Morgan fingerprint density at radius 3 is 2.13 bits per heavy atom. The number of rotatable bonds is 2. The van der Waals surface area contributed by atoms with E-state index in [1.807, 2.05) is 0 Å². The van der Waals surface area contributed by atoms with Crippen LogP contribution in [0.4, 0.5) is 0 Å². The minimum absolute atomic E-state index is 0.0805. The summed E-state index contributed by atoms with van der Waals surface area (Å²) >= 11 is 0. The lowest BCUT2D eigenvalue weighted by atomic mass is 10.2. The molecule has 0 N–H and O–H groups in total. The lowest BCUT2D eigenvalue weighted by molar-refractivity contribution is -0.209. The number of carbonyl (C=O) groups excluding carboxylic acids is 3. The first kappa shape index (κ1) is 11.6. The third-order valence-electron chi connectivity index (χ3n) is 1.92. The summed E-state index contributed by atoms with van der Waals surface area (Å²) in [4.78, 5) is 40.2. The first-order valence-corrected chi connectivity index (χ1v) is 4.68. The summed E-state index contributed by atoms with van der Waals surface area (Å²) in [5.74, 6) is -1.97. The predicted molar refractivity (Wildman–Crippen MR) is 50.3 cm³/mol. The van der Waals surface area contributed by atoms with E-state index in [0.717, 1.165) is 0 Å². The highest BCUT2D eigenvalue weighted by Gasteiger charge is 2.33. The van der Waals surface area contributed by atoms with Crippen molar-refractivity contribution in [1.29, 1.82) is 0 Å². The van der Waals surface area contributed by atoms with Gasteiger partial charge < -0.3 is 4.84 Å². The van der Waals surface area contributed by atoms with Gasteiger partial charge in [0.2, 0.25) is 0 Å². The Kier molecular flexibility index (Phi) is 3.41. The Balaban J connectivity index is 2.65. The molecule has 1 aliphatic heterocycles. The van der Waals surface area contributed by atoms with E-state index in [2.05, 4.69) is 0 Å². The van der Waals surface area contributed by atoms with Gasteiger partial charge in [0.25, 0.3) is 11.8 Å². The van der Waals surface area contributed by atoms with Crippen molar-refractivity contribution in [3.8, 4) is 0 Å². The number of piperazine rings is 1. The second kappa shape index (κ2) is 4.39. The molecule has 15 heavy (non-hydrogen) atoms. The maximum atomic E-state index is 11.4. The molecule has 0 aromatic heterocycles. The Labute approximate surface area is 87.7 Å². The molecule has 6 heteroatoms. The zero-order chi connectivity index (χ0) is 11.6. The van der Waals surface area contributed by atoms with Gasteiger partial charge in [-0.15, -0.1) is 5.06 Å². The fraction of sp³-hybridized carbons (Fsp3) is 0.667. The predicted octanol–water partition coefficient (Wildman–Crippen LogP) is -0.599. The number of hydrogen-bond donors (Lipinski definition) is 0. The fourth-order valence-electron chi connectivity index (χ4n) is 1.08. The number of hydroxylamine groups is 2. The summed E-state index contributed by atoms with van der Waals surface area (Å²) in [6.07, 6.45) is 0. The van der Waals surface area contributed by atoms with Crippen molar-refractivity contribution in [2.24, 2.45) is 5.92 Å². The fourth-order valence-corrected chi connectivity index (χ4v) is 1.08. The molecule has 1 heterocycles. The SMILES string of the molecule is CC(C)C(=O)ON1C(=O)CN(C)CC1=O.